The van der Waals surface area contributed by atoms with E-state index in [2.05, 4.69) is 25.3 Å². The van der Waals surface area contributed by atoms with Crippen LogP contribution in [0.25, 0.3) is 0 Å². The van der Waals surface area contributed by atoms with Crippen LogP contribution in [-0.2, 0) is 13.0 Å². The molecule has 0 saturated carbocycles. The Morgan fingerprint density at radius 1 is 1.28 bits per heavy atom. The Hall–Kier alpha value is -2.01. The first-order valence-electron chi connectivity index (χ1n) is 9.55. The molecule has 8 nitrogen and oxygen atoms in total. The summed E-state index contributed by atoms with van der Waals surface area (Å²) in [6, 6.07) is 7.38. The van der Waals surface area contributed by atoms with Crippen molar-refractivity contribution in [3.63, 3.8) is 0 Å². The molecule has 2 N–H and O–H groups in total. The Kier molecular flexibility index (Phi) is 9.02. The van der Waals surface area contributed by atoms with Crippen molar-refractivity contribution in [1.29, 1.82) is 0 Å². The zero-order chi connectivity index (χ0) is 19.9. The number of piperazine rings is 1. The fourth-order valence-corrected chi connectivity index (χ4v) is 3.36. The molecule has 1 aromatic heterocycles. The van der Waals surface area contributed by atoms with Crippen LogP contribution < -0.4 is 10.1 Å². The monoisotopic (exact) mass is 515 g/mol. The molecular formula is C20H30IN5O3. The molecule has 3 rings (SSSR count). The van der Waals surface area contributed by atoms with E-state index in [4.69, 9.17) is 9.26 Å². The standard InChI is InChI=1S/C20H29N5O3.HI/c1-15-12-17(23-28-15)14-24-8-10-25(11-9-24)20(21-2)22-7-6-16-4-5-18(27-3)13-19(16)26;/h4-5,12-13,26H,6-11,14H2,1-3H3,(H,21,22);1H. The highest BCUT2D eigenvalue weighted by molar-refractivity contribution is 14.0. The number of benzene rings is 1. The topological polar surface area (TPSA) is 86.4 Å². The summed E-state index contributed by atoms with van der Waals surface area (Å²) >= 11 is 0. The Balaban J connectivity index is 0.00000300. The molecule has 29 heavy (non-hydrogen) atoms. The summed E-state index contributed by atoms with van der Waals surface area (Å²) in [5.41, 5.74) is 1.87. The maximum absolute atomic E-state index is 10.1. The second kappa shape index (κ2) is 11.2. The minimum Gasteiger partial charge on any atom is -0.508 e. The van der Waals surface area contributed by atoms with E-state index < -0.39 is 0 Å². The van der Waals surface area contributed by atoms with Crippen LogP contribution in [0.3, 0.4) is 0 Å². The van der Waals surface area contributed by atoms with Crippen LogP contribution in [-0.4, -0.2) is 72.9 Å². The molecule has 2 heterocycles. The number of aromatic nitrogens is 1. The molecule has 0 aliphatic carbocycles. The van der Waals surface area contributed by atoms with Gasteiger partial charge in [-0.2, -0.15) is 0 Å². The molecule has 0 radical (unpaired) electrons. The predicted octanol–water partition coefficient (Wildman–Crippen LogP) is 2.25. The van der Waals surface area contributed by atoms with E-state index in [1.807, 2.05) is 25.1 Å². The maximum atomic E-state index is 10.1. The van der Waals surface area contributed by atoms with E-state index >= 15 is 0 Å². The van der Waals surface area contributed by atoms with Gasteiger partial charge in [0.25, 0.3) is 0 Å². The van der Waals surface area contributed by atoms with Crippen molar-refractivity contribution in [3.05, 3.63) is 41.3 Å². The van der Waals surface area contributed by atoms with E-state index in [1.54, 1.807) is 20.2 Å². The highest BCUT2D eigenvalue weighted by Gasteiger charge is 2.20. The van der Waals surface area contributed by atoms with Crippen molar-refractivity contribution in [2.24, 2.45) is 4.99 Å². The number of ether oxygens (including phenoxy) is 1. The van der Waals surface area contributed by atoms with Gasteiger partial charge in [-0.15, -0.1) is 24.0 Å². The summed E-state index contributed by atoms with van der Waals surface area (Å²) in [6.07, 6.45) is 0.709. The third-order valence-electron chi connectivity index (χ3n) is 4.92. The maximum Gasteiger partial charge on any atom is 0.193 e. The first kappa shape index (κ1) is 23.3. The van der Waals surface area contributed by atoms with Gasteiger partial charge in [0.2, 0.25) is 0 Å². The Bertz CT molecular complexity index is 803. The van der Waals surface area contributed by atoms with Crippen LogP contribution in [0.4, 0.5) is 0 Å². The van der Waals surface area contributed by atoms with E-state index in [-0.39, 0.29) is 29.7 Å². The molecule has 2 aromatic rings. The van der Waals surface area contributed by atoms with Crippen LogP contribution in [0, 0.1) is 6.92 Å². The number of aromatic hydroxyl groups is 1. The van der Waals surface area contributed by atoms with Gasteiger partial charge in [0.15, 0.2) is 5.96 Å². The normalized spacial score (nSPS) is 15.1. The molecule has 0 unspecified atom stereocenters. The van der Waals surface area contributed by atoms with Crippen molar-refractivity contribution in [1.82, 2.24) is 20.3 Å². The van der Waals surface area contributed by atoms with Gasteiger partial charge in [-0.3, -0.25) is 9.89 Å². The highest BCUT2D eigenvalue weighted by atomic mass is 127. The summed E-state index contributed by atoms with van der Waals surface area (Å²) in [7, 11) is 3.39. The predicted molar refractivity (Wildman–Crippen MR) is 123 cm³/mol. The van der Waals surface area contributed by atoms with Gasteiger partial charge in [-0.1, -0.05) is 11.2 Å². The largest absolute Gasteiger partial charge is 0.508 e. The summed E-state index contributed by atoms with van der Waals surface area (Å²) < 4.78 is 10.3. The number of hydrogen-bond donors (Lipinski definition) is 2. The van der Waals surface area contributed by atoms with Crippen molar-refractivity contribution < 1.29 is 14.4 Å². The minimum absolute atomic E-state index is 0. The molecule has 0 amide bonds. The van der Waals surface area contributed by atoms with E-state index in [1.165, 1.54) is 0 Å². The fraction of sp³-hybridized carbons (Fsp3) is 0.500. The highest BCUT2D eigenvalue weighted by Crippen LogP contribution is 2.23. The zero-order valence-electron chi connectivity index (χ0n) is 17.2. The number of rotatable bonds is 6. The van der Waals surface area contributed by atoms with Crippen LogP contribution in [0.2, 0.25) is 0 Å². The molecule has 0 atom stereocenters. The summed E-state index contributed by atoms with van der Waals surface area (Å²) in [6.45, 7) is 7.14. The first-order valence-corrected chi connectivity index (χ1v) is 9.55. The van der Waals surface area contributed by atoms with Crippen molar-refractivity contribution >= 4 is 29.9 Å². The lowest BCUT2D eigenvalue weighted by Gasteiger charge is -2.36. The summed E-state index contributed by atoms with van der Waals surface area (Å²) in [5, 5.41) is 17.6. The number of halogens is 1. The van der Waals surface area contributed by atoms with Gasteiger partial charge < -0.3 is 24.6 Å². The Labute approximate surface area is 188 Å². The molecule has 1 aliphatic heterocycles. The second-order valence-corrected chi connectivity index (χ2v) is 6.91. The second-order valence-electron chi connectivity index (χ2n) is 6.91. The number of guanidine groups is 1. The van der Waals surface area contributed by atoms with E-state index in [0.29, 0.717) is 18.7 Å². The number of phenolic OH excluding ortho intramolecular Hbond substituents is 1. The lowest BCUT2D eigenvalue weighted by molar-refractivity contribution is 0.169. The molecule has 1 aromatic carbocycles. The smallest absolute Gasteiger partial charge is 0.193 e. The van der Waals surface area contributed by atoms with Crippen molar-refractivity contribution in [2.45, 2.75) is 19.9 Å². The van der Waals surface area contributed by atoms with Gasteiger partial charge in [0, 0.05) is 58.4 Å². The van der Waals surface area contributed by atoms with Crippen LogP contribution >= 0.6 is 24.0 Å². The van der Waals surface area contributed by atoms with Crippen molar-refractivity contribution in [2.75, 3.05) is 46.9 Å². The molecule has 0 spiro atoms. The quantitative estimate of drug-likeness (QED) is 0.347. The lowest BCUT2D eigenvalue weighted by atomic mass is 10.1. The number of aryl methyl sites for hydroxylation is 1. The summed E-state index contributed by atoms with van der Waals surface area (Å²) in [4.78, 5) is 9.04. The zero-order valence-corrected chi connectivity index (χ0v) is 19.6. The van der Waals surface area contributed by atoms with Gasteiger partial charge in [0.1, 0.15) is 17.3 Å². The number of nitrogens with zero attached hydrogens (tertiary/aromatic N) is 4. The molecule has 160 valence electrons. The molecule has 1 aliphatic rings. The first-order chi connectivity index (χ1) is 13.6. The van der Waals surface area contributed by atoms with Crippen LogP contribution in [0.15, 0.2) is 33.8 Å². The van der Waals surface area contributed by atoms with E-state index in [0.717, 1.165) is 55.7 Å². The number of aliphatic imine (C=N–C) groups is 1. The minimum atomic E-state index is 0. The Morgan fingerprint density at radius 2 is 2.03 bits per heavy atom. The van der Waals surface area contributed by atoms with E-state index in [9.17, 15) is 5.11 Å². The number of nitrogens with one attached hydrogen (secondary N) is 1. The van der Waals surface area contributed by atoms with Gasteiger partial charge in [-0.25, -0.2) is 0 Å². The van der Waals surface area contributed by atoms with Gasteiger partial charge in [-0.05, 0) is 25.0 Å². The SMILES string of the molecule is CN=C(NCCc1ccc(OC)cc1O)N1CCN(Cc2cc(C)on2)CC1.I. The lowest BCUT2D eigenvalue weighted by Crippen LogP contribution is -2.52. The number of hydrogen-bond acceptors (Lipinski definition) is 6. The van der Waals surface area contributed by atoms with Crippen LogP contribution in [0.1, 0.15) is 17.0 Å². The molecule has 0 bridgehead atoms. The number of phenols is 1. The average Bonchev–Trinajstić information content (AvgIpc) is 3.11. The fourth-order valence-electron chi connectivity index (χ4n) is 3.36. The van der Waals surface area contributed by atoms with Gasteiger partial charge >= 0.3 is 0 Å². The van der Waals surface area contributed by atoms with Crippen molar-refractivity contribution in [3.8, 4) is 11.5 Å². The molecule has 1 fully saturated rings. The molecule has 1 saturated heterocycles. The number of methoxy groups -OCH3 is 1. The summed E-state index contributed by atoms with van der Waals surface area (Å²) in [5.74, 6) is 2.66. The molecule has 9 heteroatoms. The Morgan fingerprint density at radius 3 is 2.62 bits per heavy atom. The third-order valence-corrected chi connectivity index (χ3v) is 4.92. The average molecular weight is 515 g/mol. The van der Waals surface area contributed by atoms with Crippen LogP contribution in [0.5, 0.6) is 11.5 Å². The third kappa shape index (κ3) is 6.49. The molecular weight excluding hydrogens is 485 g/mol. The van der Waals surface area contributed by atoms with Gasteiger partial charge in [0.05, 0.1) is 12.8 Å².